The van der Waals surface area contributed by atoms with Gasteiger partial charge in [-0.15, -0.1) is 0 Å². The first-order valence-corrected chi connectivity index (χ1v) is 4.94. The number of hydrogen-bond donors (Lipinski definition) is 0. The number of nitrogens with zero attached hydrogens (tertiary/aromatic N) is 1. The van der Waals surface area contributed by atoms with E-state index in [1.807, 2.05) is 6.07 Å². The average molecular weight is 242 g/mol. The molecule has 0 radical (unpaired) electrons. The topological polar surface area (TPSA) is 50.1 Å². The minimum absolute atomic E-state index is 0.0453. The van der Waals surface area contributed by atoms with Crippen molar-refractivity contribution < 1.29 is 9.53 Å². The number of hydrogen-bond acceptors (Lipinski definition) is 3. The fraction of sp³-hybridized carbons (Fsp3) is 0.200. The lowest BCUT2D eigenvalue weighted by Gasteiger charge is -2.20. The summed E-state index contributed by atoms with van der Waals surface area (Å²) in [5, 5.41) is 9.36. The van der Waals surface area contributed by atoms with Gasteiger partial charge in [-0.05, 0) is 12.1 Å². The summed E-state index contributed by atoms with van der Waals surface area (Å²) in [5.74, 6) is -0.743. The Hall–Kier alpha value is -1.24. The Labute approximate surface area is 96.2 Å². The van der Waals surface area contributed by atoms with Crippen molar-refractivity contribution in [2.75, 3.05) is 6.61 Å². The van der Waals surface area contributed by atoms with Crippen molar-refractivity contribution in [3.05, 3.63) is 27.7 Å². The molecule has 1 aliphatic heterocycles. The molecule has 1 atom stereocenters. The summed E-state index contributed by atoms with van der Waals surface area (Å²) in [5.41, 5.74) is 0.283. The molecule has 2 rings (SSSR count). The summed E-state index contributed by atoms with van der Waals surface area (Å²) in [6, 6.07) is 4.84. The van der Waals surface area contributed by atoms with E-state index in [1.165, 1.54) is 12.1 Å². The quantitative estimate of drug-likeness (QED) is 0.702. The van der Waals surface area contributed by atoms with Crippen LogP contribution in [0.2, 0.25) is 10.0 Å². The SMILES string of the molecule is N#CC1COc2c(Cl)cc(Cl)cc2C1=O. The number of Topliss-reactive ketones (excluding diaryl/α,β-unsaturated/α-hetero) is 1. The molecular weight excluding hydrogens is 237 g/mol. The highest BCUT2D eigenvalue weighted by Crippen LogP contribution is 2.36. The second-order valence-corrected chi connectivity index (χ2v) is 3.96. The van der Waals surface area contributed by atoms with Crippen LogP contribution >= 0.6 is 23.2 Å². The first kappa shape index (κ1) is 10.3. The van der Waals surface area contributed by atoms with E-state index in [-0.39, 0.29) is 18.0 Å². The Balaban J connectivity index is 2.57. The van der Waals surface area contributed by atoms with Crippen molar-refractivity contribution in [2.45, 2.75) is 0 Å². The lowest BCUT2D eigenvalue weighted by atomic mass is 9.96. The highest BCUT2D eigenvalue weighted by atomic mass is 35.5. The van der Waals surface area contributed by atoms with E-state index in [2.05, 4.69) is 0 Å². The van der Waals surface area contributed by atoms with E-state index in [0.29, 0.717) is 15.8 Å². The van der Waals surface area contributed by atoms with E-state index < -0.39 is 5.92 Å². The van der Waals surface area contributed by atoms with Gasteiger partial charge in [-0.25, -0.2) is 0 Å². The van der Waals surface area contributed by atoms with Crippen LogP contribution in [-0.4, -0.2) is 12.4 Å². The Bertz CT molecular complexity index is 479. The number of ether oxygens (including phenoxy) is 1. The standard InChI is InChI=1S/C10H5Cl2NO2/c11-6-1-7-9(14)5(3-13)4-15-10(7)8(12)2-6/h1-2,5H,4H2. The second kappa shape index (κ2) is 3.73. The predicted octanol–water partition coefficient (Wildman–Crippen LogP) is 2.71. The maximum absolute atomic E-state index is 11.7. The predicted molar refractivity (Wildman–Crippen MR) is 55.4 cm³/mol. The first-order valence-electron chi connectivity index (χ1n) is 4.19. The first-order chi connectivity index (χ1) is 7.13. The molecule has 1 aromatic carbocycles. The third-order valence-corrected chi connectivity index (χ3v) is 2.64. The lowest BCUT2D eigenvalue weighted by molar-refractivity contribution is 0.0879. The highest BCUT2D eigenvalue weighted by Gasteiger charge is 2.30. The Morgan fingerprint density at radius 2 is 2.20 bits per heavy atom. The van der Waals surface area contributed by atoms with E-state index >= 15 is 0 Å². The smallest absolute Gasteiger partial charge is 0.187 e. The maximum atomic E-state index is 11.7. The van der Waals surface area contributed by atoms with Crippen LogP contribution in [0, 0.1) is 17.2 Å². The van der Waals surface area contributed by atoms with Gasteiger partial charge in [0.15, 0.2) is 5.78 Å². The van der Waals surface area contributed by atoms with Gasteiger partial charge >= 0.3 is 0 Å². The summed E-state index contributed by atoms with van der Waals surface area (Å²) >= 11 is 11.6. The van der Waals surface area contributed by atoms with Gasteiger partial charge in [0, 0.05) is 5.02 Å². The summed E-state index contributed by atoms with van der Waals surface area (Å²) in [6.45, 7) is 0.0453. The third kappa shape index (κ3) is 1.67. The molecular formula is C10H5Cl2NO2. The van der Waals surface area contributed by atoms with Crippen LogP contribution in [0.5, 0.6) is 5.75 Å². The van der Waals surface area contributed by atoms with E-state index in [0.717, 1.165) is 0 Å². The molecule has 1 aliphatic rings. The molecule has 3 nitrogen and oxygen atoms in total. The fourth-order valence-electron chi connectivity index (χ4n) is 1.42. The van der Waals surface area contributed by atoms with Gasteiger partial charge in [0.1, 0.15) is 18.3 Å². The van der Waals surface area contributed by atoms with E-state index in [4.69, 9.17) is 33.2 Å². The number of fused-ring (bicyclic) bond motifs is 1. The number of benzene rings is 1. The summed E-state index contributed by atoms with van der Waals surface area (Å²) in [4.78, 5) is 11.7. The molecule has 15 heavy (non-hydrogen) atoms. The maximum Gasteiger partial charge on any atom is 0.187 e. The zero-order valence-corrected chi connectivity index (χ0v) is 8.97. The van der Waals surface area contributed by atoms with Gasteiger partial charge < -0.3 is 4.74 Å². The monoisotopic (exact) mass is 241 g/mol. The summed E-state index contributed by atoms with van der Waals surface area (Å²) in [6.07, 6.45) is 0. The van der Waals surface area contributed by atoms with Crippen LogP contribution in [0.25, 0.3) is 0 Å². The lowest BCUT2D eigenvalue weighted by Crippen LogP contribution is -2.26. The summed E-state index contributed by atoms with van der Waals surface area (Å²) in [7, 11) is 0. The molecule has 0 spiro atoms. The fourth-order valence-corrected chi connectivity index (χ4v) is 1.96. The van der Waals surface area contributed by atoms with Crippen molar-refractivity contribution in [3.63, 3.8) is 0 Å². The van der Waals surface area contributed by atoms with E-state index in [1.54, 1.807) is 0 Å². The van der Waals surface area contributed by atoms with Gasteiger partial charge in [0.25, 0.3) is 0 Å². The normalized spacial score (nSPS) is 19.0. The van der Waals surface area contributed by atoms with Gasteiger partial charge in [0.05, 0.1) is 16.7 Å². The molecule has 0 bridgehead atoms. The van der Waals surface area contributed by atoms with E-state index in [9.17, 15) is 4.79 Å². The molecule has 0 aromatic heterocycles. The Morgan fingerprint density at radius 1 is 1.47 bits per heavy atom. The highest BCUT2D eigenvalue weighted by molar-refractivity contribution is 6.36. The van der Waals surface area contributed by atoms with Crippen LogP contribution < -0.4 is 4.74 Å². The van der Waals surface area contributed by atoms with Crippen molar-refractivity contribution >= 4 is 29.0 Å². The number of nitriles is 1. The Morgan fingerprint density at radius 3 is 2.87 bits per heavy atom. The van der Waals surface area contributed by atoms with Crippen LogP contribution in [0.4, 0.5) is 0 Å². The molecule has 1 aromatic rings. The van der Waals surface area contributed by atoms with Crippen LogP contribution in [0.1, 0.15) is 10.4 Å². The molecule has 1 unspecified atom stereocenters. The minimum Gasteiger partial charge on any atom is -0.489 e. The number of carbonyl (C=O) groups is 1. The number of carbonyl (C=O) groups excluding carboxylic acids is 1. The summed E-state index contributed by atoms with van der Waals surface area (Å²) < 4.78 is 5.25. The molecule has 0 amide bonds. The molecule has 0 N–H and O–H groups in total. The zero-order chi connectivity index (χ0) is 11.0. The third-order valence-electron chi connectivity index (χ3n) is 2.14. The zero-order valence-electron chi connectivity index (χ0n) is 7.46. The number of rotatable bonds is 0. The van der Waals surface area contributed by atoms with Crippen molar-refractivity contribution in [1.82, 2.24) is 0 Å². The van der Waals surface area contributed by atoms with Crippen molar-refractivity contribution in [2.24, 2.45) is 5.92 Å². The number of ketones is 1. The molecule has 0 fully saturated rings. The molecule has 0 aliphatic carbocycles. The molecule has 0 saturated carbocycles. The van der Waals surface area contributed by atoms with Gasteiger partial charge in [-0.2, -0.15) is 5.26 Å². The molecule has 5 heteroatoms. The second-order valence-electron chi connectivity index (χ2n) is 3.12. The minimum atomic E-state index is -0.771. The van der Waals surface area contributed by atoms with Crippen molar-refractivity contribution in [3.8, 4) is 11.8 Å². The van der Waals surface area contributed by atoms with Gasteiger partial charge in [0.2, 0.25) is 0 Å². The van der Waals surface area contributed by atoms with Crippen molar-refractivity contribution in [1.29, 1.82) is 5.26 Å². The Kier molecular flexibility index (Phi) is 2.56. The molecule has 0 saturated heterocycles. The average Bonchev–Trinajstić information content (AvgIpc) is 2.19. The van der Waals surface area contributed by atoms with Crippen LogP contribution in [-0.2, 0) is 0 Å². The molecule has 1 heterocycles. The largest absolute Gasteiger partial charge is 0.489 e. The van der Waals surface area contributed by atoms with Gasteiger partial charge in [-0.1, -0.05) is 23.2 Å². The van der Waals surface area contributed by atoms with Gasteiger partial charge in [-0.3, -0.25) is 4.79 Å². The van der Waals surface area contributed by atoms with Crippen LogP contribution in [0.15, 0.2) is 12.1 Å². The van der Waals surface area contributed by atoms with Crippen LogP contribution in [0.3, 0.4) is 0 Å². The number of halogens is 2. The molecule has 76 valence electrons.